The molecular weight excluding hydrogens is 368 g/mol. The van der Waals surface area contributed by atoms with Gasteiger partial charge in [0.25, 0.3) is 15.9 Å². The maximum absolute atomic E-state index is 12.4. The van der Waals surface area contributed by atoms with Gasteiger partial charge in [-0.25, -0.2) is 8.42 Å². The van der Waals surface area contributed by atoms with Crippen LogP contribution in [-0.2, 0) is 16.4 Å². The van der Waals surface area contributed by atoms with Crippen LogP contribution in [0.3, 0.4) is 0 Å². The average molecular weight is 386 g/mol. The Hall–Kier alpha value is -2.64. The molecule has 0 spiro atoms. The smallest absolute Gasteiger partial charge is 0.263 e. The van der Waals surface area contributed by atoms with Gasteiger partial charge in [0.1, 0.15) is 4.88 Å². The molecule has 3 rings (SSSR count). The monoisotopic (exact) mass is 386 g/mol. The number of hydrogen-bond donors (Lipinski definition) is 2. The van der Waals surface area contributed by atoms with Crippen molar-refractivity contribution in [2.45, 2.75) is 11.3 Å². The lowest BCUT2D eigenvalue weighted by Crippen LogP contribution is -2.26. The molecule has 0 aliphatic rings. The number of hydrogen-bond acceptors (Lipinski definition) is 4. The van der Waals surface area contributed by atoms with Crippen molar-refractivity contribution < 1.29 is 13.2 Å². The summed E-state index contributed by atoms with van der Waals surface area (Å²) in [5, 5.41) is 4.53. The molecule has 0 fully saturated rings. The minimum atomic E-state index is -3.73. The fourth-order valence-electron chi connectivity index (χ4n) is 2.41. The van der Waals surface area contributed by atoms with Gasteiger partial charge in [-0.05, 0) is 35.6 Å². The Morgan fingerprint density at radius 2 is 1.58 bits per heavy atom. The molecular formula is C19H18N2O3S2. The first kappa shape index (κ1) is 18.2. The van der Waals surface area contributed by atoms with Crippen molar-refractivity contribution in [3.63, 3.8) is 0 Å². The molecule has 2 N–H and O–H groups in total. The van der Waals surface area contributed by atoms with E-state index in [0.29, 0.717) is 17.8 Å². The summed E-state index contributed by atoms with van der Waals surface area (Å²) < 4.78 is 27.4. The predicted molar refractivity (Wildman–Crippen MR) is 104 cm³/mol. The summed E-state index contributed by atoms with van der Waals surface area (Å²) in [5.41, 5.74) is 1.42. The maximum Gasteiger partial charge on any atom is 0.263 e. The van der Waals surface area contributed by atoms with Gasteiger partial charge in [-0.3, -0.25) is 9.52 Å². The van der Waals surface area contributed by atoms with Crippen LogP contribution in [0.25, 0.3) is 0 Å². The number of amides is 1. The van der Waals surface area contributed by atoms with Crippen LogP contribution in [0, 0.1) is 0 Å². The first-order valence-electron chi connectivity index (χ1n) is 8.04. The third kappa shape index (κ3) is 4.50. The van der Waals surface area contributed by atoms with E-state index in [1.807, 2.05) is 30.3 Å². The Morgan fingerprint density at radius 3 is 2.27 bits per heavy atom. The zero-order valence-corrected chi connectivity index (χ0v) is 15.5. The normalized spacial score (nSPS) is 11.1. The molecule has 0 atom stereocenters. The van der Waals surface area contributed by atoms with Crippen molar-refractivity contribution in [2.24, 2.45) is 0 Å². The van der Waals surface area contributed by atoms with E-state index in [1.54, 1.807) is 29.6 Å². The summed E-state index contributed by atoms with van der Waals surface area (Å²) in [7, 11) is -3.73. The van der Waals surface area contributed by atoms with E-state index in [9.17, 15) is 13.2 Å². The molecule has 1 amide bonds. The van der Waals surface area contributed by atoms with Gasteiger partial charge < -0.3 is 5.32 Å². The van der Waals surface area contributed by atoms with Gasteiger partial charge in [0.2, 0.25) is 0 Å². The van der Waals surface area contributed by atoms with E-state index in [-0.39, 0.29) is 16.5 Å². The molecule has 1 heterocycles. The Morgan fingerprint density at radius 1 is 0.923 bits per heavy atom. The first-order chi connectivity index (χ1) is 12.6. The van der Waals surface area contributed by atoms with E-state index < -0.39 is 10.0 Å². The molecule has 5 nitrogen and oxygen atoms in total. The van der Waals surface area contributed by atoms with E-state index in [1.165, 1.54) is 23.5 Å². The third-order valence-electron chi connectivity index (χ3n) is 3.71. The Kier molecular flexibility index (Phi) is 5.70. The second kappa shape index (κ2) is 8.16. The summed E-state index contributed by atoms with van der Waals surface area (Å²) in [6, 6.07) is 19.5. The highest BCUT2D eigenvalue weighted by Gasteiger charge is 2.19. The summed E-state index contributed by atoms with van der Waals surface area (Å²) in [4.78, 5) is 12.9. The molecule has 0 aliphatic carbocycles. The van der Waals surface area contributed by atoms with Crippen molar-refractivity contribution in [1.29, 1.82) is 0 Å². The van der Waals surface area contributed by atoms with Gasteiger partial charge in [0.15, 0.2) is 0 Å². The van der Waals surface area contributed by atoms with Crippen LogP contribution in [-0.4, -0.2) is 20.9 Å². The number of sulfonamides is 1. The van der Waals surface area contributed by atoms with Crippen LogP contribution in [0.4, 0.5) is 5.69 Å². The Bertz CT molecular complexity index is 968. The Balaban J connectivity index is 1.65. The molecule has 2 aromatic carbocycles. The van der Waals surface area contributed by atoms with E-state index in [2.05, 4.69) is 10.0 Å². The number of carbonyl (C=O) groups is 1. The number of thiophene rings is 1. The summed E-state index contributed by atoms with van der Waals surface area (Å²) in [6.45, 7) is 0.478. The molecule has 1 aromatic heterocycles. The molecule has 26 heavy (non-hydrogen) atoms. The number of carbonyl (C=O) groups excluding carboxylic acids is 1. The van der Waals surface area contributed by atoms with Gasteiger partial charge in [-0.15, -0.1) is 11.3 Å². The molecule has 0 bridgehead atoms. The zero-order valence-electron chi connectivity index (χ0n) is 13.9. The van der Waals surface area contributed by atoms with Crippen molar-refractivity contribution in [2.75, 3.05) is 11.3 Å². The highest BCUT2D eigenvalue weighted by molar-refractivity contribution is 7.92. The van der Waals surface area contributed by atoms with E-state index in [0.717, 1.165) is 5.56 Å². The molecule has 0 saturated heterocycles. The zero-order chi connectivity index (χ0) is 18.4. The third-order valence-corrected chi connectivity index (χ3v) is 6.01. The minimum Gasteiger partial charge on any atom is -0.351 e. The lowest BCUT2D eigenvalue weighted by molar-refractivity contribution is 0.0959. The standard InChI is InChI=1S/C19H18N2O3S2/c22-19(20-13-11-15-7-3-1-4-8-15)18-17(12-14-25-18)21-26(23,24)16-9-5-2-6-10-16/h1-10,12,14,21H,11,13H2,(H,20,22). The van der Waals surface area contributed by atoms with Gasteiger partial charge >= 0.3 is 0 Å². The molecule has 7 heteroatoms. The van der Waals surface area contributed by atoms with Crippen LogP contribution in [0.15, 0.2) is 77.0 Å². The quantitative estimate of drug-likeness (QED) is 0.652. The molecule has 134 valence electrons. The fraction of sp³-hybridized carbons (Fsp3) is 0.105. The number of nitrogens with one attached hydrogen (secondary N) is 2. The largest absolute Gasteiger partial charge is 0.351 e. The van der Waals surface area contributed by atoms with Crippen LogP contribution in [0.2, 0.25) is 0 Å². The van der Waals surface area contributed by atoms with E-state index >= 15 is 0 Å². The second-order valence-electron chi connectivity index (χ2n) is 5.57. The van der Waals surface area contributed by atoms with Crippen LogP contribution >= 0.6 is 11.3 Å². The van der Waals surface area contributed by atoms with Crippen LogP contribution in [0.5, 0.6) is 0 Å². The predicted octanol–water partition coefficient (Wildman–Crippen LogP) is 3.52. The number of benzene rings is 2. The summed E-state index contributed by atoms with van der Waals surface area (Å²) >= 11 is 1.20. The Labute approximate surface area is 156 Å². The minimum absolute atomic E-state index is 0.154. The SMILES string of the molecule is O=C(NCCc1ccccc1)c1sccc1NS(=O)(=O)c1ccccc1. The highest BCUT2D eigenvalue weighted by Crippen LogP contribution is 2.25. The van der Waals surface area contributed by atoms with E-state index in [4.69, 9.17) is 0 Å². The van der Waals surface area contributed by atoms with Gasteiger partial charge in [-0.2, -0.15) is 0 Å². The van der Waals surface area contributed by atoms with Crippen LogP contribution in [0.1, 0.15) is 15.2 Å². The van der Waals surface area contributed by atoms with Gasteiger partial charge in [0, 0.05) is 6.54 Å². The lowest BCUT2D eigenvalue weighted by Gasteiger charge is -2.09. The highest BCUT2D eigenvalue weighted by atomic mass is 32.2. The van der Waals surface area contributed by atoms with Crippen molar-refractivity contribution >= 4 is 33.0 Å². The van der Waals surface area contributed by atoms with Crippen molar-refractivity contribution in [3.8, 4) is 0 Å². The molecule has 3 aromatic rings. The topological polar surface area (TPSA) is 75.3 Å². The fourth-order valence-corrected chi connectivity index (χ4v) is 4.34. The summed E-state index contributed by atoms with van der Waals surface area (Å²) in [6.07, 6.45) is 0.711. The lowest BCUT2D eigenvalue weighted by atomic mass is 10.1. The number of rotatable bonds is 7. The van der Waals surface area contributed by atoms with Crippen LogP contribution < -0.4 is 10.0 Å². The summed E-state index contributed by atoms with van der Waals surface area (Å²) in [5.74, 6) is -0.290. The molecule has 0 aliphatic heterocycles. The van der Waals surface area contributed by atoms with Crippen molar-refractivity contribution in [3.05, 3.63) is 82.6 Å². The van der Waals surface area contributed by atoms with Gasteiger partial charge in [0.05, 0.1) is 10.6 Å². The molecule has 0 radical (unpaired) electrons. The first-order valence-corrected chi connectivity index (χ1v) is 10.4. The average Bonchev–Trinajstić information content (AvgIpc) is 3.11. The second-order valence-corrected chi connectivity index (χ2v) is 8.17. The molecule has 0 saturated carbocycles. The molecule has 0 unspecified atom stereocenters. The maximum atomic E-state index is 12.4. The van der Waals surface area contributed by atoms with Gasteiger partial charge in [-0.1, -0.05) is 48.5 Å². The number of anilines is 1. The van der Waals surface area contributed by atoms with Crippen molar-refractivity contribution in [1.82, 2.24) is 5.32 Å².